The van der Waals surface area contributed by atoms with Crippen LogP contribution in [-0.4, -0.2) is 54.9 Å². The molecule has 12 rings (SSSR count). The Kier molecular flexibility index (Phi) is 29.2. The fraction of sp³-hybridized carbons (Fsp3) is 0.286. The molecular formula is C84H104Cl2Si6Zr2-2. The van der Waals surface area contributed by atoms with Crippen LogP contribution >= 0.6 is 0 Å². The van der Waals surface area contributed by atoms with Gasteiger partial charge >= 0.3 is 198 Å². The average Bonchev–Trinajstić information content (AvgIpc) is 1.67. The number of hydrogen-bond donors (Lipinski definition) is 0. The second kappa shape index (κ2) is 34.1. The van der Waals surface area contributed by atoms with E-state index in [2.05, 4.69) is 376 Å². The molecule has 0 aromatic heterocycles. The number of aryl methyl sites for hydroxylation is 4. The van der Waals surface area contributed by atoms with Gasteiger partial charge in [0.1, 0.15) is 0 Å². The predicted molar refractivity (Wildman–Crippen MR) is 422 cm³/mol. The van der Waals surface area contributed by atoms with E-state index in [1.807, 2.05) is 0 Å². The molecule has 94 heavy (non-hydrogen) atoms. The molecule has 0 saturated carbocycles. The fourth-order valence-corrected chi connectivity index (χ4v) is 26.9. The van der Waals surface area contributed by atoms with Gasteiger partial charge in [0.25, 0.3) is 0 Å². The zero-order valence-electron chi connectivity index (χ0n) is 60.7. The van der Waals surface area contributed by atoms with E-state index < -0.39 is 48.4 Å². The molecule has 0 fully saturated rings. The van der Waals surface area contributed by atoms with Crippen molar-refractivity contribution >= 4 is 97.9 Å². The molecule has 0 nitrogen and oxygen atoms in total. The van der Waals surface area contributed by atoms with Crippen LogP contribution in [0, 0.1) is 39.8 Å². The molecule has 2 aliphatic carbocycles. The number of benzene rings is 8. The first-order valence-electron chi connectivity index (χ1n) is 33.1. The van der Waals surface area contributed by atoms with Gasteiger partial charge in [-0.1, -0.05) is 189 Å². The molecule has 2 atom stereocenters. The molecule has 0 heterocycles. The third kappa shape index (κ3) is 22.4. The molecule has 10 aromatic carbocycles. The summed E-state index contributed by atoms with van der Waals surface area (Å²) in [5.74, 6) is 0. The molecule has 0 saturated heterocycles. The van der Waals surface area contributed by atoms with E-state index in [4.69, 9.17) is 0 Å². The SMILES string of the molecule is C[Si](C)(C)C1=[C-]C([Si](C)(C)C)C=C1[Si](C)(C)C.C[Si](C)(C)C1=[C-]C([Si](C)(C)C)C=C1[Si](C)(C)C.Cc1ccc2c(c1)[cH-]c1cc(C)ccc12.Cc1ccc2c(c1)[cH-]c1cc(C)ccc12.[Cl-].[Cl-].[Zr+2]=[C](c1ccccc1)c1ccccc1.[Zr+2]=[C](c1ccccc1)c1ccccc1. The van der Waals surface area contributed by atoms with Crippen LogP contribution in [-0.2, 0) is 48.5 Å². The Morgan fingerprint density at radius 1 is 0.309 bits per heavy atom. The predicted octanol–water partition coefficient (Wildman–Crippen LogP) is 18.5. The van der Waals surface area contributed by atoms with Gasteiger partial charge in [0.2, 0.25) is 0 Å². The second-order valence-corrected chi connectivity index (χ2v) is 65.0. The number of hydrogen-bond acceptors (Lipinski definition) is 0. The zero-order chi connectivity index (χ0) is 67.7. The van der Waals surface area contributed by atoms with Crippen LogP contribution in [0.25, 0.3) is 43.1 Å². The quantitative estimate of drug-likeness (QED) is 0.0946. The van der Waals surface area contributed by atoms with Crippen LogP contribution in [0.4, 0.5) is 0 Å². The summed E-state index contributed by atoms with van der Waals surface area (Å²) in [6.07, 6.45) is 13.0. The molecule has 2 unspecified atom stereocenters. The molecular weight excluding hydrogens is 1430 g/mol. The van der Waals surface area contributed by atoms with Gasteiger partial charge in [-0.15, -0.1) is 90.6 Å². The summed E-state index contributed by atoms with van der Waals surface area (Å²) < 4.78 is 2.83. The summed E-state index contributed by atoms with van der Waals surface area (Å²) in [5, 5.41) is 17.7. The topological polar surface area (TPSA) is 0 Å². The van der Waals surface area contributed by atoms with E-state index >= 15 is 0 Å². The zero-order valence-corrected chi connectivity index (χ0v) is 73.1. The summed E-state index contributed by atoms with van der Waals surface area (Å²) in [6.45, 7) is 53.1. The van der Waals surface area contributed by atoms with Crippen molar-refractivity contribution in [2.24, 2.45) is 0 Å². The first kappa shape index (κ1) is 80.5. The molecule has 10 aromatic rings. The Bertz CT molecular complexity index is 3750. The molecule has 0 aliphatic heterocycles. The molecule has 0 bridgehead atoms. The van der Waals surface area contributed by atoms with E-state index in [1.54, 1.807) is 20.8 Å². The van der Waals surface area contributed by atoms with Crippen LogP contribution in [0.1, 0.15) is 44.5 Å². The van der Waals surface area contributed by atoms with Gasteiger partial charge in [-0.3, -0.25) is 12.2 Å². The monoisotopic (exact) mass is 1530 g/mol. The molecule has 0 amide bonds. The third-order valence-corrected chi connectivity index (χ3v) is 32.7. The molecule has 488 valence electrons. The molecule has 2 aliphatic rings. The second-order valence-electron chi connectivity index (χ2n) is 31.8. The number of fused-ring (bicyclic) bond motifs is 6. The van der Waals surface area contributed by atoms with Crippen molar-refractivity contribution in [3.05, 3.63) is 296 Å². The van der Waals surface area contributed by atoms with Crippen LogP contribution in [0.5, 0.6) is 0 Å². The van der Waals surface area contributed by atoms with Crippen molar-refractivity contribution < 1.29 is 73.3 Å². The van der Waals surface area contributed by atoms with Gasteiger partial charge in [0, 0.05) is 32.3 Å². The normalized spacial score (nSPS) is 14.7. The van der Waals surface area contributed by atoms with E-state index in [-0.39, 0.29) is 24.8 Å². The van der Waals surface area contributed by atoms with Crippen LogP contribution in [0.2, 0.25) is 129 Å². The maximum atomic E-state index is 3.91. The average molecular weight is 1540 g/mol. The Labute approximate surface area is 617 Å². The van der Waals surface area contributed by atoms with Gasteiger partial charge in [0.15, 0.2) is 0 Å². The Morgan fingerprint density at radius 3 is 0.691 bits per heavy atom. The van der Waals surface area contributed by atoms with Gasteiger partial charge in [0.05, 0.1) is 0 Å². The van der Waals surface area contributed by atoms with E-state index in [1.165, 1.54) is 142 Å². The van der Waals surface area contributed by atoms with Crippen molar-refractivity contribution in [2.75, 3.05) is 0 Å². The number of rotatable bonds is 10. The van der Waals surface area contributed by atoms with E-state index in [0.29, 0.717) is 11.1 Å². The fourth-order valence-electron chi connectivity index (χ4n) is 11.7. The summed E-state index contributed by atoms with van der Waals surface area (Å²) in [5.41, 5.74) is 12.0. The van der Waals surface area contributed by atoms with Crippen LogP contribution in [0.3, 0.4) is 0 Å². The molecule has 0 radical (unpaired) electrons. The summed E-state index contributed by atoms with van der Waals surface area (Å²) in [7, 11) is -7.10. The molecule has 0 N–H and O–H groups in total. The Balaban J connectivity index is 0.000000204. The van der Waals surface area contributed by atoms with Crippen molar-refractivity contribution in [3.63, 3.8) is 0 Å². The van der Waals surface area contributed by atoms with Gasteiger partial charge in [-0.05, 0) is 43.8 Å². The van der Waals surface area contributed by atoms with E-state index in [9.17, 15) is 0 Å². The summed E-state index contributed by atoms with van der Waals surface area (Å²) in [4.78, 5) is 0. The first-order chi connectivity index (χ1) is 42.9. The standard InChI is InChI=1S/2C15H13.2C14H29Si3.2C13H10.2ClH.2Zr/c2*1-10-3-5-14-12(7-10)9-13-8-11(2)4-6-15(13)14;2*1-15(2,3)12-10-13(16(4,5)6)14(11-12)17(7,8)9;2*1-3-7-12(8-4-1)11-13-9-5-2-6-10-13;;;;/h2*3-9H,1-2H3;2*10,12H,1-9H3;2*1-10H;2*1H;;/q4*-1;;;;;2*+2/p-2. The number of allylic oxidation sites excluding steroid dienone is 8. The van der Waals surface area contributed by atoms with Crippen molar-refractivity contribution in [3.8, 4) is 0 Å². The van der Waals surface area contributed by atoms with Gasteiger partial charge < -0.3 is 24.8 Å². The minimum atomic E-state index is -1.22. The molecule has 0 spiro atoms. The Morgan fingerprint density at radius 2 is 0.521 bits per heavy atom. The van der Waals surface area contributed by atoms with Crippen LogP contribution < -0.4 is 24.8 Å². The Hall–Kier alpha value is -4.15. The van der Waals surface area contributed by atoms with Gasteiger partial charge in [-0.25, -0.2) is 20.8 Å². The summed E-state index contributed by atoms with van der Waals surface area (Å²) in [6, 6.07) is 73.4. The van der Waals surface area contributed by atoms with Crippen LogP contribution in [0.15, 0.2) is 239 Å². The van der Waals surface area contributed by atoms with Gasteiger partial charge in [-0.2, -0.15) is 12.2 Å². The van der Waals surface area contributed by atoms with Crippen molar-refractivity contribution in [2.45, 2.75) is 157 Å². The summed E-state index contributed by atoms with van der Waals surface area (Å²) >= 11 is 2.92. The molecule has 10 heteroatoms. The minimum absolute atomic E-state index is 0. The first-order valence-corrected chi connectivity index (χ1v) is 56.8. The van der Waals surface area contributed by atoms with E-state index in [0.717, 1.165) is 0 Å². The maximum absolute atomic E-state index is 3.91. The number of halogens is 2. The van der Waals surface area contributed by atoms with Crippen molar-refractivity contribution in [1.29, 1.82) is 0 Å². The van der Waals surface area contributed by atoms with Crippen molar-refractivity contribution in [1.82, 2.24) is 0 Å². The third-order valence-electron chi connectivity index (χ3n) is 17.1.